The van der Waals surface area contributed by atoms with E-state index < -0.39 is 0 Å². The molecular weight excluding hydrogens is 352 g/mol. The average molecular weight is 375 g/mol. The number of hydrogen-bond acceptors (Lipinski definition) is 3. The number of rotatable bonds is 2. The minimum absolute atomic E-state index is 0.153. The fourth-order valence-electron chi connectivity index (χ4n) is 4.41. The van der Waals surface area contributed by atoms with E-state index in [1.807, 2.05) is 16.7 Å². The molecule has 0 unspecified atom stereocenters. The highest BCUT2D eigenvalue weighted by atomic mass is 32.2. The predicted molar refractivity (Wildman–Crippen MR) is 110 cm³/mol. The highest BCUT2D eigenvalue weighted by molar-refractivity contribution is 7.99. The van der Waals surface area contributed by atoms with Crippen LogP contribution in [-0.2, 0) is 18.4 Å². The molecule has 3 aromatic rings. The lowest BCUT2D eigenvalue weighted by molar-refractivity contribution is 0.429. The number of aromatic nitrogens is 2. The van der Waals surface area contributed by atoms with Gasteiger partial charge in [-0.25, -0.2) is 4.98 Å². The van der Waals surface area contributed by atoms with Crippen molar-refractivity contribution in [3.8, 4) is 11.3 Å². The summed E-state index contributed by atoms with van der Waals surface area (Å²) in [5, 5.41) is 1.10. The second-order valence-electron chi connectivity index (χ2n) is 7.80. The first kappa shape index (κ1) is 16.8. The van der Waals surface area contributed by atoms with Gasteiger partial charge < -0.3 is 0 Å². The van der Waals surface area contributed by atoms with Crippen molar-refractivity contribution in [2.45, 2.75) is 49.1 Å². The third kappa shape index (κ3) is 2.50. The first-order chi connectivity index (χ1) is 13.1. The summed E-state index contributed by atoms with van der Waals surface area (Å²) in [5.74, 6) is 0. The minimum atomic E-state index is -0.161. The van der Waals surface area contributed by atoms with Crippen molar-refractivity contribution in [3.05, 3.63) is 81.6 Å². The Labute approximate surface area is 163 Å². The first-order valence-corrected chi connectivity index (χ1v) is 10.4. The van der Waals surface area contributed by atoms with Gasteiger partial charge in [0.15, 0.2) is 5.16 Å². The molecule has 2 aromatic carbocycles. The monoisotopic (exact) mass is 374 g/mol. The van der Waals surface area contributed by atoms with Gasteiger partial charge in [-0.3, -0.25) is 9.36 Å². The third-order valence-electron chi connectivity index (χ3n) is 6.14. The molecule has 0 spiro atoms. The summed E-state index contributed by atoms with van der Waals surface area (Å²) in [6.45, 7) is 5.09. The number of thioether (sulfide) groups is 1. The van der Waals surface area contributed by atoms with E-state index >= 15 is 0 Å². The molecule has 0 radical (unpaired) electrons. The summed E-state index contributed by atoms with van der Waals surface area (Å²) in [6.07, 6.45) is 1.83. The summed E-state index contributed by atoms with van der Waals surface area (Å²) in [4.78, 5) is 18.6. The third-order valence-corrected chi connectivity index (χ3v) is 7.37. The molecule has 1 aliphatic carbocycles. The Morgan fingerprint density at radius 2 is 1.89 bits per heavy atom. The van der Waals surface area contributed by atoms with E-state index in [0.717, 1.165) is 34.8 Å². The molecule has 27 heavy (non-hydrogen) atoms. The van der Waals surface area contributed by atoms with Gasteiger partial charge in [0, 0.05) is 17.5 Å². The van der Waals surface area contributed by atoms with Crippen LogP contribution >= 0.6 is 11.8 Å². The first-order valence-electron chi connectivity index (χ1n) is 9.56. The zero-order chi connectivity index (χ0) is 18.6. The van der Waals surface area contributed by atoms with E-state index in [9.17, 15) is 4.79 Å². The van der Waals surface area contributed by atoms with E-state index in [2.05, 4.69) is 56.3 Å². The minimum Gasteiger partial charge on any atom is -0.286 e. The van der Waals surface area contributed by atoms with Crippen molar-refractivity contribution in [2.75, 3.05) is 0 Å². The lowest BCUT2D eigenvalue weighted by atomic mass is 9.69. The topological polar surface area (TPSA) is 34.9 Å². The maximum absolute atomic E-state index is 13.6. The molecule has 0 saturated carbocycles. The molecule has 0 saturated heterocycles. The van der Waals surface area contributed by atoms with Crippen LogP contribution in [0.2, 0.25) is 0 Å². The van der Waals surface area contributed by atoms with E-state index in [0.29, 0.717) is 6.54 Å². The van der Waals surface area contributed by atoms with Crippen molar-refractivity contribution in [1.82, 2.24) is 9.55 Å². The van der Waals surface area contributed by atoms with Crippen molar-refractivity contribution < 1.29 is 0 Å². The molecule has 2 atom stereocenters. The van der Waals surface area contributed by atoms with E-state index in [1.54, 1.807) is 11.8 Å². The van der Waals surface area contributed by atoms with Gasteiger partial charge in [-0.1, -0.05) is 80.2 Å². The summed E-state index contributed by atoms with van der Waals surface area (Å²) in [6, 6.07) is 18.8. The van der Waals surface area contributed by atoms with Gasteiger partial charge in [0.2, 0.25) is 0 Å². The molecule has 136 valence electrons. The SMILES string of the molecule is CC[C@@]1(C)Cc2ccccc2-c2nc3n(c(=O)c21)C[C@@H](c1ccccc1)S3. The van der Waals surface area contributed by atoms with Crippen LogP contribution in [0.3, 0.4) is 0 Å². The average Bonchev–Trinajstić information content (AvgIpc) is 3.13. The summed E-state index contributed by atoms with van der Waals surface area (Å²) >= 11 is 1.71. The molecule has 1 aliphatic heterocycles. The van der Waals surface area contributed by atoms with Crippen LogP contribution in [0.4, 0.5) is 0 Å². The normalized spacial score (nSPS) is 22.8. The van der Waals surface area contributed by atoms with Gasteiger partial charge >= 0.3 is 0 Å². The van der Waals surface area contributed by atoms with Crippen LogP contribution in [0.25, 0.3) is 11.3 Å². The molecule has 0 fully saturated rings. The molecular formula is C23H22N2OS. The van der Waals surface area contributed by atoms with Crippen LogP contribution in [0.15, 0.2) is 64.5 Å². The highest BCUT2D eigenvalue weighted by Crippen LogP contribution is 2.46. The lowest BCUT2D eigenvalue weighted by Gasteiger charge is -2.35. The molecule has 2 aliphatic rings. The summed E-state index contributed by atoms with van der Waals surface area (Å²) < 4.78 is 1.91. The van der Waals surface area contributed by atoms with Gasteiger partial charge in [-0.15, -0.1) is 0 Å². The van der Waals surface area contributed by atoms with Gasteiger partial charge in [0.25, 0.3) is 5.56 Å². The van der Waals surface area contributed by atoms with Crippen LogP contribution in [0.5, 0.6) is 0 Å². The summed E-state index contributed by atoms with van der Waals surface area (Å²) in [5.41, 5.74) is 5.48. The second kappa shape index (κ2) is 6.10. The van der Waals surface area contributed by atoms with Gasteiger partial charge in [0.05, 0.1) is 16.5 Å². The maximum atomic E-state index is 13.6. The molecule has 1 aromatic heterocycles. The predicted octanol–water partition coefficient (Wildman–Crippen LogP) is 4.98. The maximum Gasteiger partial charge on any atom is 0.258 e. The zero-order valence-corrected chi connectivity index (χ0v) is 16.4. The number of nitrogens with zero attached hydrogens (tertiary/aromatic N) is 2. The summed E-state index contributed by atoms with van der Waals surface area (Å²) in [7, 11) is 0. The Morgan fingerprint density at radius 1 is 1.15 bits per heavy atom. The van der Waals surface area contributed by atoms with Crippen LogP contribution in [0, 0.1) is 0 Å². The molecule has 5 rings (SSSR count). The second-order valence-corrected chi connectivity index (χ2v) is 8.97. The van der Waals surface area contributed by atoms with Gasteiger partial charge in [-0.05, 0) is 24.0 Å². The Kier molecular flexibility index (Phi) is 3.80. The largest absolute Gasteiger partial charge is 0.286 e. The van der Waals surface area contributed by atoms with Crippen molar-refractivity contribution >= 4 is 11.8 Å². The number of benzene rings is 2. The van der Waals surface area contributed by atoms with Crippen molar-refractivity contribution in [1.29, 1.82) is 0 Å². The van der Waals surface area contributed by atoms with Gasteiger partial charge in [-0.2, -0.15) is 0 Å². The Bertz CT molecular complexity index is 1090. The molecule has 0 amide bonds. The molecule has 0 bridgehead atoms. The molecule has 0 N–H and O–H groups in total. The molecule has 2 heterocycles. The van der Waals surface area contributed by atoms with E-state index in [-0.39, 0.29) is 16.2 Å². The van der Waals surface area contributed by atoms with Crippen LogP contribution in [-0.4, -0.2) is 9.55 Å². The quantitative estimate of drug-likeness (QED) is 0.593. The molecule has 4 heteroatoms. The van der Waals surface area contributed by atoms with Crippen LogP contribution < -0.4 is 5.56 Å². The fraction of sp³-hybridized carbons (Fsp3) is 0.304. The zero-order valence-electron chi connectivity index (χ0n) is 15.6. The van der Waals surface area contributed by atoms with Crippen molar-refractivity contribution in [3.63, 3.8) is 0 Å². The number of fused-ring (bicyclic) bond motifs is 4. The highest BCUT2D eigenvalue weighted by Gasteiger charge is 2.39. The fourth-order valence-corrected chi connectivity index (χ4v) is 5.61. The smallest absolute Gasteiger partial charge is 0.258 e. The Morgan fingerprint density at radius 3 is 2.67 bits per heavy atom. The van der Waals surface area contributed by atoms with Crippen LogP contribution in [0.1, 0.15) is 42.2 Å². The van der Waals surface area contributed by atoms with E-state index in [4.69, 9.17) is 4.98 Å². The Balaban J connectivity index is 1.70. The van der Waals surface area contributed by atoms with Gasteiger partial charge in [0.1, 0.15) is 0 Å². The van der Waals surface area contributed by atoms with Crippen molar-refractivity contribution in [2.24, 2.45) is 0 Å². The molecule has 3 nitrogen and oxygen atoms in total. The Hall–Kier alpha value is -2.33. The lowest BCUT2D eigenvalue weighted by Crippen LogP contribution is -2.39. The number of hydrogen-bond donors (Lipinski definition) is 0. The standard InChI is InChI=1S/C23H22N2OS/c1-3-23(2)13-16-11-7-8-12-17(16)20-19(23)21(26)25-14-18(27-22(25)24-20)15-9-5-4-6-10-15/h4-12,18H,3,13-14H2,1-2H3/t18-,23-/m0/s1. The van der Waals surface area contributed by atoms with E-state index in [1.165, 1.54) is 11.1 Å².